The highest BCUT2D eigenvalue weighted by atomic mass is 32.2. The summed E-state index contributed by atoms with van der Waals surface area (Å²) in [5.74, 6) is -1.21. The van der Waals surface area contributed by atoms with Crippen LogP contribution in [0.4, 0.5) is 0 Å². The van der Waals surface area contributed by atoms with Crippen molar-refractivity contribution in [3.8, 4) is 0 Å². The van der Waals surface area contributed by atoms with Gasteiger partial charge >= 0.3 is 5.97 Å². The lowest BCUT2D eigenvalue weighted by molar-refractivity contribution is -0.137. The number of aliphatic carboxylic acids is 1. The lowest BCUT2D eigenvalue weighted by Gasteiger charge is -2.22. The van der Waals surface area contributed by atoms with E-state index >= 15 is 0 Å². The summed E-state index contributed by atoms with van der Waals surface area (Å²) < 4.78 is 25.5. The summed E-state index contributed by atoms with van der Waals surface area (Å²) in [7, 11) is -3.60. The van der Waals surface area contributed by atoms with Crippen molar-refractivity contribution < 1.29 is 18.3 Å². The van der Waals surface area contributed by atoms with Crippen LogP contribution in [0.15, 0.2) is 24.4 Å². The Bertz CT molecular complexity index is 529. The highest BCUT2D eigenvalue weighted by Crippen LogP contribution is 2.08. The van der Waals surface area contributed by atoms with E-state index in [2.05, 4.69) is 4.98 Å². The third-order valence-electron chi connectivity index (χ3n) is 2.62. The summed E-state index contributed by atoms with van der Waals surface area (Å²) in [6, 6.07) is 5.30. The molecule has 0 fully saturated rings. The van der Waals surface area contributed by atoms with Crippen LogP contribution in [0.3, 0.4) is 0 Å². The molecule has 0 amide bonds. The van der Waals surface area contributed by atoms with Gasteiger partial charge in [0.2, 0.25) is 10.0 Å². The minimum absolute atomic E-state index is 0.0685. The maximum Gasteiger partial charge on any atom is 0.318 e. The van der Waals surface area contributed by atoms with Crippen molar-refractivity contribution in [3.05, 3.63) is 30.1 Å². The van der Waals surface area contributed by atoms with Crippen LogP contribution in [0.5, 0.6) is 0 Å². The molecule has 1 rings (SSSR count). The second-order valence-electron chi connectivity index (χ2n) is 4.97. The minimum atomic E-state index is -3.60. The third kappa shape index (κ3) is 5.66. The van der Waals surface area contributed by atoms with Crippen molar-refractivity contribution in [3.63, 3.8) is 0 Å². The maximum absolute atomic E-state index is 12.2. The first-order valence-corrected chi connectivity index (χ1v) is 8.01. The van der Waals surface area contributed by atoms with Crippen LogP contribution in [0, 0.1) is 5.92 Å². The Balaban J connectivity index is 2.74. The van der Waals surface area contributed by atoms with Crippen molar-refractivity contribution in [2.45, 2.75) is 20.3 Å². The number of hydrogen-bond acceptors (Lipinski definition) is 4. The smallest absolute Gasteiger partial charge is 0.318 e. The molecular formula is C13H20N2O4S. The zero-order valence-corrected chi connectivity index (χ0v) is 12.5. The van der Waals surface area contributed by atoms with Crippen molar-refractivity contribution in [1.82, 2.24) is 9.29 Å². The largest absolute Gasteiger partial charge is 0.480 e. The second kappa shape index (κ2) is 7.35. The molecule has 0 aliphatic rings. The summed E-state index contributed by atoms with van der Waals surface area (Å²) >= 11 is 0. The van der Waals surface area contributed by atoms with Crippen LogP contribution in [-0.4, -0.2) is 47.6 Å². The molecular weight excluding hydrogens is 280 g/mol. The van der Waals surface area contributed by atoms with Crippen LogP contribution < -0.4 is 0 Å². The standard InChI is InChI=1S/C13H20N2O4S/c1-11(2)9-15(10-13(16)17)20(18,19)8-6-12-5-3-4-7-14-12/h3-5,7,11H,6,8-10H2,1-2H3,(H,16,17). The topological polar surface area (TPSA) is 87.6 Å². The molecule has 0 aromatic carbocycles. The predicted molar refractivity (Wildman–Crippen MR) is 75.8 cm³/mol. The van der Waals surface area contributed by atoms with Crippen LogP contribution in [0.1, 0.15) is 19.5 Å². The van der Waals surface area contributed by atoms with Gasteiger partial charge in [0, 0.05) is 24.9 Å². The van der Waals surface area contributed by atoms with Gasteiger partial charge < -0.3 is 5.11 Å². The van der Waals surface area contributed by atoms with Gasteiger partial charge in [0.25, 0.3) is 0 Å². The summed E-state index contributed by atoms with van der Waals surface area (Å²) in [4.78, 5) is 14.9. The fourth-order valence-electron chi connectivity index (χ4n) is 1.74. The fraction of sp³-hybridized carbons (Fsp3) is 0.538. The van der Waals surface area contributed by atoms with E-state index in [0.717, 1.165) is 4.31 Å². The fourth-order valence-corrected chi connectivity index (χ4v) is 3.30. The first kappa shape index (κ1) is 16.6. The Morgan fingerprint density at radius 3 is 2.60 bits per heavy atom. The Labute approximate surface area is 119 Å². The molecule has 20 heavy (non-hydrogen) atoms. The molecule has 0 atom stereocenters. The summed E-state index contributed by atoms with van der Waals surface area (Å²) in [6.07, 6.45) is 1.88. The van der Waals surface area contributed by atoms with Gasteiger partial charge in [-0.15, -0.1) is 0 Å². The molecule has 0 aliphatic heterocycles. The van der Waals surface area contributed by atoms with E-state index in [1.807, 2.05) is 13.8 Å². The van der Waals surface area contributed by atoms with Gasteiger partial charge in [-0.05, 0) is 18.1 Å². The number of nitrogens with zero attached hydrogens (tertiary/aromatic N) is 2. The maximum atomic E-state index is 12.2. The van der Waals surface area contributed by atoms with Gasteiger partial charge in [-0.2, -0.15) is 4.31 Å². The number of carboxylic acid groups (broad SMARTS) is 1. The van der Waals surface area contributed by atoms with E-state index < -0.39 is 22.5 Å². The molecule has 7 heteroatoms. The molecule has 6 nitrogen and oxygen atoms in total. The van der Waals surface area contributed by atoms with Crippen molar-refractivity contribution in [1.29, 1.82) is 0 Å². The number of pyridine rings is 1. The first-order chi connectivity index (χ1) is 9.31. The molecule has 0 saturated carbocycles. The molecule has 112 valence electrons. The molecule has 0 bridgehead atoms. The molecule has 0 radical (unpaired) electrons. The average Bonchev–Trinajstić information content (AvgIpc) is 2.36. The second-order valence-corrected chi connectivity index (χ2v) is 7.06. The zero-order valence-electron chi connectivity index (χ0n) is 11.7. The van der Waals surface area contributed by atoms with E-state index in [0.29, 0.717) is 5.69 Å². The van der Waals surface area contributed by atoms with Crippen LogP contribution in [0.25, 0.3) is 0 Å². The predicted octanol–water partition coefficient (Wildman–Crippen LogP) is 0.996. The molecule has 0 saturated heterocycles. The number of hydrogen-bond donors (Lipinski definition) is 1. The van der Waals surface area contributed by atoms with Gasteiger partial charge in [0.15, 0.2) is 0 Å². The van der Waals surface area contributed by atoms with Gasteiger partial charge in [-0.25, -0.2) is 8.42 Å². The normalized spacial score (nSPS) is 12.0. The molecule has 0 unspecified atom stereocenters. The Kier molecular flexibility index (Phi) is 6.09. The van der Waals surface area contributed by atoms with Crippen molar-refractivity contribution in [2.75, 3.05) is 18.8 Å². The Morgan fingerprint density at radius 1 is 1.40 bits per heavy atom. The lowest BCUT2D eigenvalue weighted by atomic mass is 10.2. The number of rotatable bonds is 8. The number of carboxylic acids is 1. The van der Waals surface area contributed by atoms with Crippen molar-refractivity contribution >= 4 is 16.0 Å². The minimum Gasteiger partial charge on any atom is -0.480 e. The molecule has 1 N–H and O–H groups in total. The van der Waals surface area contributed by atoms with Crippen LogP contribution in [-0.2, 0) is 21.2 Å². The van der Waals surface area contributed by atoms with Gasteiger partial charge in [0.05, 0.1) is 5.75 Å². The van der Waals surface area contributed by atoms with E-state index in [1.54, 1.807) is 24.4 Å². The van der Waals surface area contributed by atoms with E-state index in [-0.39, 0.29) is 24.6 Å². The summed E-state index contributed by atoms with van der Waals surface area (Å²) in [6.45, 7) is 3.41. The number of carbonyl (C=O) groups is 1. The van der Waals surface area contributed by atoms with E-state index in [4.69, 9.17) is 5.11 Å². The van der Waals surface area contributed by atoms with E-state index in [1.165, 1.54) is 0 Å². The van der Waals surface area contributed by atoms with Gasteiger partial charge in [-0.3, -0.25) is 9.78 Å². The number of sulfonamides is 1. The van der Waals surface area contributed by atoms with Gasteiger partial charge in [0.1, 0.15) is 6.54 Å². The van der Waals surface area contributed by atoms with E-state index in [9.17, 15) is 13.2 Å². The molecule has 0 spiro atoms. The molecule has 1 heterocycles. The monoisotopic (exact) mass is 300 g/mol. The first-order valence-electron chi connectivity index (χ1n) is 6.41. The average molecular weight is 300 g/mol. The Hall–Kier alpha value is -1.47. The van der Waals surface area contributed by atoms with Gasteiger partial charge in [-0.1, -0.05) is 19.9 Å². The van der Waals surface area contributed by atoms with Crippen LogP contribution >= 0.6 is 0 Å². The lowest BCUT2D eigenvalue weighted by Crippen LogP contribution is -2.40. The number of aryl methyl sites for hydroxylation is 1. The highest BCUT2D eigenvalue weighted by Gasteiger charge is 2.25. The third-order valence-corrected chi connectivity index (χ3v) is 4.40. The molecule has 1 aromatic rings. The SMILES string of the molecule is CC(C)CN(CC(=O)O)S(=O)(=O)CCc1ccccn1. The molecule has 0 aliphatic carbocycles. The number of aromatic nitrogens is 1. The summed E-state index contributed by atoms with van der Waals surface area (Å²) in [5, 5.41) is 8.83. The van der Waals surface area contributed by atoms with Crippen LogP contribution in [0.2, 0.25) is 0 Å². The quantitative estimate of drug-likeness (QED) is 0.773. The van der Waals surface area contributed by atoms with Crippen molar-refractivity contribution in [2.24, 2.45) is 5.92 Å². The zero-order chi connectivity index (χ0) is 15.2. The summed E-state index contributed by atoms with van der Waals surface area (Å²) in [5.41, 5.74) is 0.677. The molecule has 1 aromatic heterocycles. The Morgan fingerprint density at radius 2 is 2.10 bits per heavy atom. The highest BCUT2D eigenvalue weighted by molar-refractivity contribution is 7.89.